The van der Waals surface area contributed by atoms with Gasteiger partial charge in [-0.25, -0.2) is 9.37 Å². The minimum absolute atomic E-state index is 0.0579. The van der Waals surface area contributed by atoms with Crippen LogP contribution in [0.3, 0.4) is 0 Å². The van der Waals surface area contributed by atoms with Crippen molar-refractivity contribution < 1.29 is 18.7 Å². The summed E-state index contributed by atoms with van der Waals surface area (Å²) in [6, 6.07) is 11.9. The lowest BCUT2D eigenvalue weighted by molar-refractivity contribution is -0.0567. The number of nitrogens with one attached hydrogen (secondary N) is 1. The molecule has 2 heterocycles. The molecule has 2 aromatic carbocycles. The number of carbonyl (C=O) groups excluding carboxylic acids is 1. The third kappa shape index (κ3) is 6.53. The van der Waals surface area contributed by atoms with Gasteiger partial charge in [-0.15, -0.1) is 0 Å². The van der Waals surface area contributed by atoms with E-state index in [0.29, 0.717) is 36.6 Å². The standard InChI is InChI=1S/C30H33FN4O4/c1-20-9-6-7-10-23(20)19-38-26-25(33-29-30(2,3)39-16-15-35(29)28(26)37)27(36)32-18-22-12-13-24(31)17-21(22)11-8-14-34(4)5/h6-7,9-10,12-13,17H,14-16,18-19H2,1-5H3,(H,32,36). The predicted octanol–water partition coefficient (Wildman–Crippen LogP) is 3.38. The highest BCUT2D eigenvalue weighted by molar-refractivity contribution is 5.94. The average Bonchev–Trinajstić information content (AvgIpc) is 2.88. The second kappa shape index (κ2) is 11.8. The molecule has 0 spiro atoms. The normalized spacial score (nSPS) is 13.8. The number of aromatic nitrogens is 2. The quantitative estimate of drug-likeness (QED) is 0.470. The minimum Gasteiger partial charge on any atom is -0.481 e. The van der Waals surface area contributed by atoms with E-state index in [4.69, 9.17) is 9.47 Å². The van der Waals surface area contributed by atoms with Gasteiger partial charge >= 0.3 is 0 Å². The first-order chi connectivity index (χ1) is 18.6. The highest BCUT2D eigenvalue weighted by atomic mass is 19.1. The molecule has 3 aromatic rings. The van der Waals surface area contributed by atoms with Crippen LogP contribution in [0.2, 0.25) is 0 Å². The third-order valence-electron chi connectivity index (χ3n) is 6.42. The second-order valence-electron chi connectivity index (χ2n) is 10.2. The van der Waals surface area contributed by atoms with Crippen LogP contribution in [-0.2, 0) is 30.0 Å². The number of carbonyl (C=O) groups is 1. The molecule has 1 N–H and O–H groups in total. The summed E-state index contributed by atoms with van der Waals surface area (Å²) in [5, 5.41) is 2.81. The fourth-order valence-corrected chi connectivity index (χ4v) is 4.24. The fourth-order valence-electron chi connectivity index (χ4n) is 4.24. The predicted molar refractivity (Wildman–Crippen MR) is 146 cm³/mol. The molecule has 9 heteroatoms. The summed E-state index contributed by atoms with van der Waals surface area (Å²) >= 11 is 0. The summed E-state index contributed by atoms with van der Waals surface area (Å²) in [6.07, 6.45) is 0. The van der Waals surface area contributed by atoms with Gasteiger partial charge in [0.15, 0.2) is 5.69 Å². The van der Waals surface area contributed by atoms with Gasteiger partial charge in [0.25, 0.3) is 11.5 Å². The number of ether oxygens (including phenoxy) is 2. The van der Waals surface area contributed by atoms with Crippen molar-refractivity contribution in [2.24, 2.45) is 0 Å². The molecular formula is C30H33FN4O4. The molecule has 0 bridgehead atoms. The Hall–Kier alpha value is -4.00. The number of benzene rings is 2. The van der Waals surface area contributed by atoms with E-state index in [9.17, 15) is 14.0 Å². The minimum atomic E-state index is -0.868. The Morgan fingerprint density at radius 2 is 2.00 bits per heavy atom. The lowest BCUT2D eigenvalue weighted by Crippen LogP contribution is -2.43. The molecule has 8 nitrogen and oxygen atoms in total. The van der Waals surface area contributed by atoms with Gasteiger partial charge in [-0.1, -0.05) is 42.2 Å². The number of hydrogen-bond acceptors (Lipinski definition) is 6. The van der Waals surface area contributed by atoms with Gasteiger partial charge in [0.1, 0.15) is 23.8 Å². The van der Waals surface area contributed by atoms with Crippen molar-refractivity contribution in [1.29, 1.82) is 0 Å². The van der Waals surface area contributed by atoms with Crippen LogP contribution in [-0.4, -0.2) is 47.6 Å². The molecule has 1 aliphatic rings. The molecule has 0 saturated heterocycles. The summed E-state index contributed by atoms with van der Waals surface area (Å²) in [6.45, 7) is 6.87. The maximum Gasteiger partial charge on any atom is 0.296 e. The maximum absolute atomic E-state index is 13.9. The van der Waals surface area contributed by atoms with Crippen molar-refractivity contribution in [3.05, 3.63) is 92.4 Å². The maximum atomic E-state index is 13.9. The van der Waals surface area contributed by atoms with Crippen LogP contribution in [0.1, 0.15) is 52.4 Å². The second-order valence-corrected chi connectivity index (χ2v) is 10.2. The van der Waals surface area contributed by atoms with Crippen molar-refractivity contribution in [2.45, 2.75) is 46.1 Å². The zero-order valence-electron chi connectivity index (χ0n) is 22.9. The molecule has 204 valence electrons. The topological polar surface area (TPSA) is 85.7 Å². The average molecular weight is 533 g/mol. The Bertz CT molecular complexity index is 1500. The monoisotopic (exact) mass is 532 g/mol. The van der Waals surface area contributed by atoms with Gasteiger partial charge < -0.3 is 14.8 Å². The summed E-state index contributed by atoms with van der Waals surface area (Å²) in [5.41, 5.74) is 1.57. The van der Waals surface area contributed by atoms with Crippen LogP contribution < -0.4 is 15.6 Å². The van der Waals surface area contributed by atoms with Crippen LogP contribution in [0.4, 0.5) is 4.39 Å². The van der Waals surface area contributed by atoms with Gasteiger partial charge in [0, 0.05) is 12.1 Å². The number of halogens is 1. The lowest BCUT2D eigenvalue weighted by atomic mass is 10.1. The highest BCUT2D eigenvalue weighted by Crippen LogP contribution is 2.28. The van der Waals surface area contributed by atoms with E-state index in [0.717, 1.165) is 11.1 Å². The van der Waals surface area contributed by atoms with Gasteiger partial charge in [-0.3, -0.25) is 19.1 Å². The van der Waals surface area contributed by atoms with E-state index in [2.05, 4.69) is 22.1 Å². The number of nitrogens with zero attached hydrogens (tertiary/aromatic N) is 3. The number of amides is 1. The summed E-state index contributed by atoms with van der Waals surface area (Å²) < 4.78 is 27.3. The van der Waals surface area contributed by atoms with Crippen molar-refractivity contribution in [3.8, 4) is 17.6 Å². The molecule has 39 heavy (non-hydrogen) atoms. The van der Waals surface area contributed by atoms with E-state index in [1.807, 2.05) is 50.2 Å². The van der Waals surface area contributed by atoms with Crippen LogP contribution in [0.5, 0.6) is 5.75 Å². The Labute approximate surface area is 227 Å². The molecule has 4 rings (SSSR count). The summed E-state index contributed by atoms with van der Waals surface area (Å²) in [4.78, 5) is 33.5. The number of rotatable bonds is 7. The molecule has 0 unspecified atom stereocenters. The smallest absolute Gasteiger partial charge is 0.296 e. The summed E-state index contributed by atoms with van der Waals surface area (Å²) in [7, 11) is 3.78. The molecule has 1 aliphatic heterocycles. The lowest BCUT2D eigenvalue weighted by Gasteiger charge is -2.33. The SMILES string of the molecule is Cc1ccccc1COc1c(C(=O)NCc2ccc(F)cc2C#CCN(C)C)nc2n(c1=O)CCOC2(C)C. The van der Waals surface area contributed by atoms with Crippen LogP contribution >= 0.6 is 0 Å². The molecule has 0 saturated carbocycles. The van der Waals surface area contributed by atoms with Crippen molar-refractivity contribution in [2.75, 3.05) is 27.2 Å². The molecule has 0 radical (unpaired) electrons. The van der Waals surface area contributed by atoms with Gasteiger partial charge in [-0.2, -0.15) is 0 Å². The first-order valence-electron chi connectivity index (χ1n) is 12.7. The van der Waals surface area contributed by atoms with E-state index >= 15 is 0 Å². The Kier molecular flexibility index (Phi) is 8.48. The van der Waals surface area contributed by atoms with E-state index in [1.54, 1.807) is 19.9 Å². The molecule has 1 amide bonds. The van der Waals surface area contributed by atoms with Crippen molar-refractivity contribution in [1.82, 2.24) is 19.8 Å². The zero-order valence-corrected chi connectivity index (χ0v) is 22.9. The van der Waals surface area contributed by atoms with Gasteiger partial charge in [-0.05, 0) is 63.7 Å². The van der Waals surface area contributed by atoms with E-state index in [1.165, 1.54) is 16.7 Å². The molecule has 0 fully saturated rings. The summed E-state index contributed by atoms with van der Waals surface area (Å²) in [5.74, 6) is 5.18. The largest absolute Gasteiger partial charge is 0.481 e. The van der Waals surface area contributed by atoms with Crippen LogP contribution in [0.15, 0.2) is 47.3 Å². The van der Waals surface area contributed by atoms with Crippen LogP contribution in [0.25, 0.3) is 0 Å². The van der Waals surface area contributed by atoms with Gasteiger partial charge in [0.2, 0.25) is 5.75 Å². The van der Waals surface area contributed by atoms with E-state index in [-0.39, 0.29) is 24.6 Å². The first-order valence-corrected chi connectivity index (χ1v) is 12.7. The molecule has 0 atom stereocenters. The van der Waals surface area contributed by atoms with Crippen LogP contribution in [0, 0.1) is 24.6 Å². The van der Waals surface area contributed by atoms with Crippen molar-refractivity contribution in [3.63, 3.8) is 0 Å². The van der Waals surface area contributed by atoms with E-state index < -0.39 is 22.9 Å². The Morgan fingerprint density at radius 3 is 2.74 bits per heavy atom. The zero-order chi connectivity index (χ0) is 28.2. The molecule has 1 aromatic heterocycles. The number of fused-ring (bicyclic) bond motifs is 1. The fraction of sp³-hybridized carbons (Fsp3) is 0.367. The third-order valence-corrected chi connectivity index (χ3v) is 6.42. The van der Waals surface area contributed by atoms with Gasteiger partial charge in [0.05, 0.1) is 19.7 Å². The molecular weight excluding hydrogens is 499 g/mol. The van der Waals surface area contributed by atoms with Crippen molar-refractivity contribution >= 4 is 5.91 Å². The number of hydrogen-bond donors (Lipinski definition) is 1. The molecule has 0 aliphatic carbocycles. The highest BCUT2D eigenvalue weighted by Gasteiger charge is 2.35. The number of aryl methyl sites for hydroxylation is 1. The Balaban J connectivity index is 1.67. The first kappa shape index (κ1) is 28.0. The Morgan fingerprint density at radius 1 is 1.23 bits per heavy atom.